The molecule has 432 valence electrons. The van der Waals surface area contributed by atoms with Gasteiger partial charge in [-0.15, -0.1) is 0 Å². The molecule has 21 heteroatoms. The van der Waals surface area contributed by atoms with Crippen LogP contribution in [0.5, 0.6) is 0 Å². The van der Waals surface area contributed by atoms with Gasteiger partial charge in [0.05, 0.1) is 0 Å². The summed E-state index contributed by atoms with van der Waals surface area (Å²) < 4.78 is 167. The largest absolute Gasteiger partial charge is 0.741 e. The maximum Gasteiger partial charge on any atom is 0.485 e. The lowest BCUT2D eigenvalue weighted by Crippen LogP contribution is -2.45. The summed E-state index contributed by atoms with van der Waals surface area (Å²) in [5.74, 6) is -3.19. The lowest BCUT2D eigenvalue weighted by molar-refractivity contribution is -0.0522. The van der Waals surface area contributed by atoms with Crippen LogP contribution in [0.2, 0.25) is 0 Å². The number of hydrogen-bond acceptors (Lipinski definition) is 6. The van der Waals surface area contributed by atoms with Crippen LogP contribution in [0.1, 0.15) is 0 Å². The van der Waals surface area contributed by atoms with E-state index in [0.717, 1.165) is 24.3 Å². The molecule has 0 saturated heterocycles. The molecule has 0 amide bonds. The third kappa shape index (κ3) is 16.4. The number of hydrogen-bond donors (Lipinski definition) is 0. The Labute approximate surface area is 482 Å². The van der Waals surface area contributed by atoms with Gasteiger partial charge in [0.15, 0.2) is 54.1 Å². The Morgan fingerprint density at radius 1 is 0.286 bits per heavy atom. The molecule has 0 aromatic heterocycles. The van der Waals surface area contributed by atoms with Crippen LogP contribution in [0.3, 0.4) is 0 Å². The molecule has 10 rings (SSSR count). The van der Waals surface area contributed by atoms with Crippen molar-refractivity contribution in [2.24, 2.45) is 0 Å². The van der Waals surface area contributed by atoms with Gasteiger partial charge in [0.1, 0.15) is 31.8 Å². The van der Waals surface area contributed by atoms with Crippen molar-refractivity contribution in [2.45, 2.75) is 11.0 Å². The minimum Gasteiger partial charge on any atom is -0.741 e. The zero-order valence-electron chi connectivity index (χ0n) is 43.6. The predicted octanol–water partition coefficient (Wildman–Crippen LogP) is 13.2. The van der Waals surface area contributed by atoms with Crippen LogP contribution in [-0.4, -0.2) is 41.7 Å². The van der Waals surface area contributed by atoms with E-state index in [9.17, 15) is 43.9 Å². The van der Waals surface area contributed by atoms with Crippen molar-refractivity contribution in [3.8, 4) is 0 Å². The Kier molecular flexibility index (Phi) is 23.2. The summed E-state index contributed by atoms with van der Waals surface area (Å²) in [7, 11) is -18.6. The molecule has 10 aromatic rings. The SMILES string of the molecule is Fc1ccccc1F.Fc1ccccc1F.O=S(=O)([O-])C(F)(F)F.O=S(=O)([O-])C(F)(F)F.c1ccc([P+](=C([P+](c2ccccc2)(c2ccccc2)c2ccccc2)[P+](c2ccccc2)(c2ccccc2)c2ccccc2)c2ccccc2)cc1. The second-order valence-electron chi connectivity index (χ2n) is 17.3. The average molecular weight is 1250 g/mol. The van der Waals surface area contributed by atoms with E-state index in [4.69, 9.17) is 25.9 Å². The Morgan fingerprint density at radius 2 is 0.429 bits per heavy atom. The Morgan fingerprint density at radius 3 is 0.571 bits per heavy atom. The van der Waals surface area contributed by atoms with Crippen molar-refractivity contribution < 1.29 is 69.8 Å². The topological polar surface area (TPSA) is 114 Å². The molecule has 0 aliphatic heterocycles. The molecular formula is C63H48F10O6P3S2+. The van der Waals surface area contributed by atoms with Crippen molar-refractivity contribution in [3.63, 3.8) is 0 Å². The monoisotopic (exact) mass is 1250 g/mol. The van der Waals surface area contributed by atoms with Gasteiger partial charge in [0.2, 0.25) is 14.5 Å². The Balaban J connectivity index is 0.000000285. The fourth-order valence-corrected chi connectivity index (χ4v) is 26.8. The molecule has 0 unspecified atom stereocenters. The van der Waals surface area contributed by atoms with Crippen molar-refractivity contribution in [2.75, 3.05) is 0 Å². The standard InChI is InChI=1S/C49H40P3.2C6H4F2.2CHF3O3S/c1-9-25-41(26-10-1)50(42-27-11-2-12-28-42)49(51(43-29-13-3-14-30-43,44-31-15-4-16-32-44)45-33-17-5-18-34-45)52(46-35-19-6-20-36-46,47-37-21-7-22-38-47)48-39-23-8-24-40-48;2*7-5-3-1-2-4-6(5)8;2*2-1(3,4)8(5,6)7/h1-40H;2*1-4H;2*(H,5,6,7)/q+3;;;;/p-2. The molecule has 0 fully saturated rings. The lowest BCUT2D eigenvalue weighted by Gasteiger charge is -2.33. The first-order valence-corrected chi connectivity index (χ1v) is 32.4. The van der Waals surface area contributed by atoms with Gasteiger partial charge in [-0.1, -0.05) is 170 Å². The van der Waals surface area contributed by atoms with Crippen molar-refractivity contribution in [1.82, 2.24) is 0 Å². The maximum absolute atomic E-state index is 11.9. The van der Waals surface area contributed by atoms with E-state index >= 15 is 0 Å². The molecule has 0 saturated carbocycles. The van der Waals surface area contributed by atoms with E-state index < -0.39 is 76.6 Å². The smallest absolute Gasteiger partial charge is 0.485 e. The molecule has 0 aliphatic rings. The molecule has 0 bridgehead atoms. The fraction of sp³-hybridized carbons (Fsp3) is 0.0317. The van der Waals surface area contributed by atoms with Gasteiger partial charge in [0.25, 0.3) is 7.55 Å². The van der Waals surface area contributed by atoms with Crippen LogP contribution < -0.4 is 42.4 Å². The van der Waals surface area contributed by atoms with E-state index in [2.05, 4.69) is 243 Å². The molecule has 0 heterocycles. The van der Waals surface area contributed by atoms with E-state index in [-0.39, 0.29) is 0 Å². The first-order valence-electron chi connectivity index (χ1n) is 24.7. The number of rotatable bonds is 10. The number of halogens is 10. The van der Waals surface area contributed by atoms with Gasteiger partial charge in [0, 0.05) is 0 Å². The first kappa shape index (κ1) is 65.5. The summed E-state index contributed by atoms with van der Waals surface area (Å²) >= 11 is 0. The summed E-state index contributed by atoms with van der Waals surface area (Å²) in [6.07, 6.45) is 0. The van der Waals surface area contributed by atoms with E-state index in [1.165, 1.54) is 66.7 Å². The molecule has 0 radical (unpaired) electrons. The second kappa shape index (κ2) is 29.7. The minimum absolute atomic E-state index is 0.799. The zero-order chi connectivity index (χ0) is 61.0. The van der Waals surface area contributed by atoms with E-state index in [0.29, 0.717) is 0 Å². The van der Waals surface area contributed by atoms with Crippen molar-refractivity contribution in [1.29, 1.82) is 0 Å². The highest BCUT2D eigenvalue weighted by molar-refractivity contribution is 8.37. The van der Waals surface area contributed by atoms with Crippen molar-refractivity contribution in [3.05, 3.63) is 314 Å². The highest BCUT2D eigenvalue weighted by Gasteiger charge is 2.73. The molecule has 0 N–H and O–H groups in total. The van der Waals surface area contributed by atoms with Crippen LogP contribution in [-0.2, 0) is 20.2 Å². The quantitative estimate of drug-likeness (QED) is 0.0583. The highest BCUT2D eigenvalue weighted by atomic mass is 32.2. The Bertz CT molecular complexity index is 3410. The molecule has 84 heavy (non-hydrogen) atoms. The maximum atomic E-state index is 11.9. The molecular weight excluding hydrogens is 1200 g/mol. The number of benzene rings is 10. The van der Waals surface area contributed by atoms with Gasteiger partial charge in [-0.2, -0.15) is 26.3 Å². The van der Waals surface area contributed by atoms with Gasteiger partial charge in [-0.05, 0) is 121 Å². The summed E-state index contributed by atoms with van der Waals surface area (Å²) in [6.45, 7) is 0. The van der Waals surface area contributed by atoms with Crippen LogP contribution in [0, 0.1) is 23.3 Å². The third-order valence-corrected chi connectivity index (χ3v) is 27.5. The van der Waals surface area contributed by atoms with E-state index in [1.54, 1.807) is 4.78 Å². The molecule has 10 aromatic carbocycles. The molecule has 0 aliphatic carbocycles. The minimum atomic E-state index is -6.09. The predicted molar refractivity (Wildman–Crippen MR) is 319 cm³/mol. The second-order valence-corrected chi connectivity index (χ2v) is 29.9. The van der Waals surface area contributed by atoms with Crippen LogP contribution in [0.25, 0.3) is 0 Å². The fourth-order valence-electron chi connectivity index (χ4n) is 8.43. The van der Waals surface area contributed by atoms with Gasteiger partial charge >= 0.3 is 15.8 Å². The summed E-state index contributed by atoms with van der Waals surface area (Å²) in [6, 6.07) is 102. The third-order valence-electron chi connectivity index (χ3n) is 11.9. The summed E-state index contributed by atoms with van der Waals surface area (Å²) in [4.78, 5) is 0. The first-order chi connectivity index (χ1) is 40.0. The van der Waals surface area contributed by atoms with Gasteiger partial charge < -0.3 is 9.11 Å². The molecule has 0 atom stereocenters. The zero-order valence-corrected chi connectivity index (χ0v) is 47.9. The van der Waals surface area contributed by atoms with Crippen LogP contribution >= 0.6 is 22.1 Å². The van der Waals surface area contributed by atoms with Crippen molar-refractivity contribution >= 4 is 89.5 Å². The van der Waals surface area contributed by atoms with Gasteiger partial charge in [-0.25, -0.2) is 34.4 Å². The number of alkyl halides is 6. The summed E-state index contributed by atoms with van der Waals surface area (Å²) in [5, 5.41) is 10.9. The van der Waals surface area contributed by atoms with E-state index in [1.807, 2.05) is 0 Å². The average Bonchev–Trinajstić information content (AvgIpc) is 0.731. The van der Waals surface area contributed by atoms with Gasteiger partial charge in [-0.3, -0.25) is 0 Å². The Hall–Kier alpha value is -7.65. The highest BCUT2D eigenvalue weighted by Crippen LogP contribution is 2.76. The normalized spacial score (nSPS) is 11.5. The molecule has 0 spiro atoms. The van der Waals surface area contributed by atoms with Crippen LogP contribution in [0.4, 0.5) is 43.9 Å². The summed E-state index contributed by atoms with van der Waals surface area (Å²) in [5.41, 5.74) is -11.3. The van der Waals surface area contributed by atoms with Crippen LogP contribution in [0.15, 0.2) is 291 Å². The molecule has 6 nitrogen and oxygen atoms in total. The lowest BCUT2D eigenvalue weighted by atomic mass is 10.3.